The van der Waals surface area contributed by atoms with E-state index in [0.717, 1.165) is 12.3 Å². The van der Waals surface area contributed by atoms with Crippen molar-refractivity contribution in [3.8, 4) is 0 Å². The Balaban J connectivity index is 3.22. The summed E-state index contributed by atoms with van der Waals surface area (Å²) in [5, 5.41) is 0. The normalized spacial score (nSPS) is 13.4. The summed E-state index contributed by atoms with van der Waals surface area (Å²) in [7, 11) is -0.180. The van der Waals surface area contributed by atoms with Crippen LogP contribution in [0.25, 0.3) is 0 Å². The van der Waals surface area contributed by atoms with Crippen molar-refractivity contribution >= 4 is 8.69 Å². The van der Waals surface area contributed by atoms with Crippen molar-refractivity contribution in [1.29, 1.82) is 0 Å². The zero-order valence-electron chi connectivity index (χ0n) is 8.79. The molecule has 0 N–H and O–H groups in total. The van der Waals surface area contributed by atoms with Crippen LogP contribution in [-0.4, -0.2) is 6.61 Å². The van der Waals surface area contributed by atoms with E-state index in [0.29, 0.717) is 6.61 Å². The number of hydrogen-bond donors (Lipinski definition) is 0. The fourth-order valence-electron chi connectivity index (χ4n) is 1.60. The Labute approximate surface area is 83.3 Å². The molecular weight excluding hydrogens is 183 g/mol. The molecule has 0 heterocycles. The van der Waals surface area contributed by atoms with E-state index in [9.17, 15) is 4.57 Å². The Morgan fingerprint density at radius 3 is 2.54 bits per heavy atom. The molecule has 0 bridgehead atoms. The van der Waals surface area contributed by atoms with Gasteiger partial charge in [-0.1, -0.05) is 46.0 Å². The highest BCUT2D eigenvalue weighted by Gasteiger charge is 2.03. The van der Waals surface area contributed by atoms with E-state index in [-0.39, 0.29) is 8.69 Å². The van der Waals surface area contributed by atoms with Crippen LogP contribution in [0.3, 0.4) is 0 Å². The number of rotatable bonds is 9. The Bertz CT molecular complexity index is 117. The lowest BCUT2D eigenvalue weighted by molar-refractivity contribution is 0.316. The highest BCUT2D eigenvalue weighted by Crippen LogP contribution is 2.18. The second-order valence-corrected chi connectivity index (χ2v) is 3.87. The largest absolute Gasteiger partial charge is 0.327 e. The lowest BCUT2D eigenvalue weighted by Crippen LogP contribution is -1.98. The van der Waals surface area contributed by atoms with E-state index in [1.165, 1.54) is 32.1 Å². The van der Waals surface area contributed by atoms with Crippen LogP contribution >= 0.6 is 8.69 Å². The summed E-state index contributed by atoms with van der Waals surface area (Å²) < 4.78 is 14.7. The van der Waals surface area contributed by atoms with Gasteiger partial charge in [-0.3, -0.25) is 4.52 Å². The van der Waals surface area contributed by atoms with E-state index in [4.69, 9.17) is 4.52 Å². The van der Waals surface area contributed by atoms with E-state index in [1.54, 1.807) is 0 Å². The predicted octanol–water partition coefficient (Wildman–Crippen LogP) is 4.21. The fraction of sp³-hybridized carbons (Fsp3) is 1.00. The van der Waals surface area contributed by atoms with Crippen molar-refractivity contribution in [2.75, 3.05) is 6.61 Å². The Morgan fingerprint density at radius 2 is 2.00 bits per heavy atom. The van der Waals surface area contributed by atoms with Crippen LogP contribution in [0, 0.1) is 5.92 Å². The minimum atomic E-state index is -0.180. The first-order valence-electron chi connectivity index (χ1n) is 5.29. The highest BCUT2D eigenvalue weighted by atomic mass is 31.1. The van der Waals surface area contributed by atoms with Crippen LogP contribution in [0.5, 0.6) is 0 Å². The SMILES string of the molecule is CCCC(CC)CCCCOP=O. The summed E-state index contributed by atoms with van der Waals surface area (Å²) in [6, 6.07) is 0. The minimum absolute atomic E-state index is 0.180. The zero-order chi connectivity index (χ0) is 9.94. The molecule has 1 atom stereocenters. The summed E-state index contributed by atoms with van der Waals surface area (Å²) in [5.74, 6) is 0.884. The van der Waals surface area contributed by atoms with Gasteiger partial charge < -0.3 is 0 Å². The standard InChI is InChI=1S/C10H21O2P/c1-3-7-10(4-2)8-5-6-9-12-13-11/h10H,3-9H2,1-2H3. The molecule has 0 aliphatic carbocycles. The molecule has 0 aromatic carbocycles. The van der Waals surface area contributed by atoms with Crippen LogP contribution in [0.1, 0.15) is 52.4 Å². The average Bonchev–Trinajstić information content (AvgIpc) is 2.16. The summed E-state index contributed by atoms with van der Waals surface area (Å²) in [6.07, 6.45) is 7.45. The first-order valence-corrected chi connectivity index (χ1v) is 6.02. The molecule has 0 saturated carbocycles. The highest BCUT2D eigenvalue weighted by molar-refractivity contribution is 7.17. The molecule has 0 aliphatic rings. The van der Waals surface area contributed by atoms with Crippen molar-refractivity contribution in [3.63, 3.8) is 0 Å². The van der Waals surface area contributed by atoms with E-state index in [2.05, 4.69) is 13.8 Å². The number of hydrogen-bond acceptors (Lipinski definition) is 2. The van der Waals surface area contributed by atoms with Gasteiger partial charge in [0, 0.05) is 0 Å². The van der Waals surface area contributed by atoms with Gasteiger partial charge in [0.25, 0.3) is 0 Å². The molecular formula is C10H21O2P. The molecule has 0 aliphatic heterocycles. The third-order valence-corrected chi connectivity index (χ3v) is 2.71. The fourth-order valence-corrected chi connectivity index (χ4v) is 1.80. The van der Waals surface area contributed by atoms with Crippen LogP contribution in [0.4, 0.5) is 0 Å². The lowest BCUT2D eigenvalue weighted by Gasteiger charge is -2.12. The first kappa shape index (κ1) is 13.1. The topological polar surface area (TPSA) is 26.3 Å². The molecule has 3 heteroatoms. The molecule has 0 aromatic heterocycles. The summed E-state index contributed by atoms with van der Waals surface area (Å²) in [5.41, 5.74) is 0. The van der Waals surface area contributed by atoms with E-state index in [1.807, 2.05) is 0 Å². The maximum Gasteiger partial charge on any atom is 0.327 e. The predicted molar refractivity (Wildman–Crippen MR) is 56.1 cm³/mol. The summed E-state index contributed by atoms with van der Waals surface area (Å²) in [4.78, 5) is 0. The molecule has 0 spiro atoms. The Kier molecular flexibility index (Phi) is 10.2. The molecule has 78 valence electrons. The lowest BCUT2D eigenvalue weighted by atomic mass is 9.95. The van der Waals surface area contributed by atoms with Gasteiger partial charge in [-0.25, -0.2) is 4.57 Å². The van der Waals surface area contributed by atoms with E-state index >= 15 is 0 Å². The van der Waals surface area contributed by atoms with Gasteiger partial charge in [-0.2, -0.15) is 0 Å². The average molecular weight is 204 g/mol. The monoisotopic (exact) mass is 204 g/mol. The van der Waals surface area contributed by atoms with Crippen molar-refractivity contribution in [2.24, 2.45) is 5.92 Å². The molecule has 1 unspecified atom stereocenters. The van der Waals surface area contributed by atoms with Gasteiger partial charge >= 0.3 is 8.69 Å². The van der Waals surface area contributed by atoms with Gasteiger partial charge in [0.2, 0.25) is 0 Å². The Hall–Kier alpha value is 0.0600. The van der Waals surface area contributed by atoms with Crippen molar-refractivity contribution in [3.05, 3.63) is 0 Å². The van der Waals surface area contributed by atoms with Crippen LogP contribution in [0.15, 0.2) is 0 Å². The second kappa shape index (κ2) is 10.1. The van der Waals surface area contributed by atoms with Gasteiger partial charge in [0.1, 0.15) is 0 Å². The quantitative estimate of drug-likeness (QED) is 0.415. The maximum absolute atomic E-state index is 9.94. The van der Waals surface area contributed by atoms with Crippen LogP contribution < -0.4 is 0 Å². The first-order chi connectivity index (χ1) is 6.35. The molecule has 0 radical (unpaired) electrons. The molecule has 2 nitrogen and oxygen atoms in total. The Morgan fingerprint density at radius 1 is 1.23 bits per heavy atom. The summed E-state index contributed by atoms with van der Waals surface area (Å²) >= 11 is 0. The molecule has 0 rings (SSSR count). The van der Waals surface area contributed by atoms with Gasteiger partial charge in [-0.05, 0) is 12.3 Å². The molecule has 0 saturated heterocycles. The second-order valence-electron chi connectivity index (χ2n) is 3.47. The molecule has 0 amide bonds. The summed E-state index contributed by atoms with van der Waals surface area (Å²) in [6.45, 7) is 5.13. The number of unbranched alkanes of at least 4 members (excludes halogenated alkanes) is 1. The smallest absolute Gasteiger partial charge is 0.294 e. The van der Waals surface area contributed by atoms with Crippen LogP contribution in [-0.2, 0) is 9.09 Å². The van der Waals surface area contributed by atoms with Gasteiger partial charge in [0.05, 0.1) is 6.61 Å². The van der Waals surface area contributed by atoms with Crippen molar-refractivity contribution in [1.82, 2.24) is 0 Å². The third kappa shape index (κ3) is 8.39. The van der Waals surface area contributed by atoms with E-state index < -0.39 is 0 Å². The third-order valence-electron chi connectivity index (χ3n) is 2.42. The minimum Gasteiger partial charge on any atom is -0.294 e. The molecule has 0 fully saturated rings. The van der Waals surface area contributed by atoms with Crippen LogP contribution in [0.2, 0.25) is 0 Å². The zero-order valence-corrected chi connectivity index (χ0v) is 9.69. The maximum atomic E-state index is 9.94. The molecule has 13 heavy (non-hydrogen) atoms. The van der Waals surface area contributed by atoms with Gasteiger partial charge in [0.15, 0.2) is 0 Å². The van der Waals surface area contributed by atoms with Crippen molar-refractivity contribution in [2.45, 2.75) is 52.4 Å². The van der Waals surface area contributed by atoms with Crippen molar-refractivity contribution < 1.29 is 9.09 Å². The molecule has 0 aromatic rings. The van der Waals surface area contributed by atoms with Gasteiger partial charge in [-0.15, -0.1) is 0 Å².